The lowest BCUT2D eigenvalue weighted by atomic mass is 9.99. The number of carbonyl (C=O) groups excluding carboxylic acids is 2. The second-order valence-corrected chi connectivity index (χ2v) is 8.48. The lowest BCUT2D eigenvalue weighted by molar-refractivity contribution is -0.122. The number of halogens is 2. The lowest BCUT2D eigenvalue weighted by Crippen LogP contribution is -2.54. The third-order valence-electron chi connectivity index (χ3n) is 5.16. The van der Waals surface area contributed by atoms with Crippen LogP contribution in [0.1, 0.15) is 19.4 Å². The van der Waals surface area contributed by atoms with Crippen molar-refractivity contribution in [2.24, 2.45) is 0 Å². The normalized spacial score (nSPS) is 15.1. The summed E-state index contributed by atoms with van der Waals surface area (Å²) in [5.74, 6) is 0.00611. The molecule has 2 amide bonds. The van der Waals surface area contributed by atoms with Crippen molar-refractivity contribution in [3.05, 3.63) is 69.7 Å². The van der Waals surface area contributed by atoms with Crippen molar-refractivity contribution < 1.29 is 19.1 Å². The van der Waals surface area contributed by atoms with E-state index in [4.69, 9.17) is 44.9 Å². The van der Waals surface area contributed by atoms with E-state index in [1.54, 1.807) is 12.1 Å². The van der Waals surface area contributed by atoms with Gasteiger partial charge in [0, 0.05) is 5.56 Å². The van der Waals surface area contributed by atoms with Gasteiger partial charge < -0.3 is 9.47 Å². The standard InChI is InChI=1S/C25H20Cl2N2O4S/c1-3-32-16-8-5-14-6-10-22(33-4-2)18(17(14)12-16)13-19-23(30)28-25(34)29(24(19)31)15-7-9-20(26)21(27)11-15/h5-13H,3-4H2,1-2H3,(H,28,30,34)/b19-13+. The summed E-state index contributed by atoms with van der Waals surface area (Å²) in [5.41, 5.74) is 0.869. The molecule has 174 valence electrons. The zero-order chi connectivity index (χ0) is 24.4. The zero-order valence-corrected chi connectivity index (χ0v) is 20.7. The number of benzene rings is 3. The summed E-state index contributed by atoms with van der Waals surface area (Å²) in [5, 5.41) is 4.81. The van der Waals surface area contributed by atoms with Crippen LogP contribution in [0.3, 0.4) is 0 Å². The van der Waals surface area contributed by atoms with Crippen molar-refractivity contribution in [2.45, 2.75) is 13.8 Å². The summed E-state index contributed by atoms with van der Waals surface area (Å²) >= 11 is 17.4. The molecular formula is C25H20Cl2N2O4S. The van der Waals surface area contributed by atoms with Crippen molar-refractivity contribution in [1.29, 1.82) is 0 Å². The Balaban J connectivity index is 1.88. The van der Waals surface area contributed by atoms with Crippen molar-refractivity contribution in [3.63, 3.8) is 0 Å². The topological polar surface area (TPSA) is 67.9 Å². The van der Waals surface area contributed by atoms with Crippen molar-refractivity contribution >= 4 is 74.9 Å². The third kappa shape index (κ3) is 4.59. The largest absolute Gasteiger partial charge is 0.494 e. The molecule has 0 atom stereocenters. The van der Waals surface area contributed by atoms with Crippen LogP contribution in [0.5, 0.6) is 11.5 Å². The molecule has 4 rings (SSSR count). The number of nitrogens with one attached hydrogen (secondary N) is 1. The molecule has 9 heteroatoms. The number of thiocarbonyl (C=S) groups is 1. The van der Waals surface area contributed by atoms with Gasteiger partial charge in [-0.15, -0.1) is 0 Å². The van der Waals surface area contributed by atoms with E-state index < -0.39 is 11.8 Å². The van der Waals surface area contributed by atoms with Crippen molar-refractivity contribution in [3.8, 4) is 11.5 Å². The molecule has 1 fully saturated rings. The van der Waals surface area contributed by atoms with Gasteiger partial charge in [0.25, 0.3) is 11.8 Å². The zero-order valence-electron chi connectivity index (χ0n) is 18.4. The van der Waals surface area contributed by atoms with Crippen LogP contribution >= 0.6 is 35.4 Å². The van der Waals surface area contributed by atoms with Crippen molar-refractivity contribution in [1.82, 2.24) is 5.32 Å². The number of fused-ring (bicyclic) bond motifs is 1. The first-order valence-corrected chi connectivity index (χ1v) is 11.7. The minimum absolute atomic E-state index is 0.0490. The molecule has 0 bridgehead atoms. The summed E-state index contributed by atoms with van der Waals surface area (Å²) in [6, 6.07) is 14.0. The lowest BCUT2D eigenvalue weighted by Gasteiger charge is -2.29. The Morgan fingerprint density at radius 2 is 1.71 bits per heavy atom. The average Bonchev–Trinajstić information content (AvgIpc) is 2.80. The molecule has 1 heterocycles. The second-order valence-electron chi connectivity index (χ2n) is 7.28. The van der Waals surface area contributed by atoms with Gasteiger partial charge >= 0.3 is 0 Å². The van der Waals surface area contributed by atoms with E-state index in [-0.39, 0.29) is 15.7 Å². The summed E-state index contributed by atoms with van der Waals surface area (Å²) in [4.78, 5) is 27.6. The number of hydrogen-bond donors (Lipinski definition) is 1. The van der Waals surface area contributed by atoms with Gasteiger partial charge in [-0.2, -0.15) is 0 Å². The molecule has 3 aromatic carbocycles. The Bertz CT molecular complexity index is 1350. The maximum atomic E-state index is 13.5. The van der Waals surface area contributed by atoms with Gasteiger partial charge in [-0.05, 0) is 79.3 Å². The van der Waals surface area contributed by atoms with Gasteiger partial charge in [-0.3, -0.25) is 19.8 Å². The van der Waals surface area contributed by atoms with E-state index in [0.29, 0.717) is 41.0 Å². The SMILES string of the molecule is CCOc1ccc2ccc(OCC)c(/C=C3\C(=O)NC(=S)N(c4ccc(Cl)c(Cl)c4)C3=O)c2c1. The van der Waals surface area contributed by atoms with E-state index >= 15 is 0 Å². The Morgan fingerprint density at radius 3 is 2.41 bits per heavy atom. The quantitative estimate of drug-likeness (QED) is 0.256. The first-order valence-electron chi connectivity index (χ1n) is 10.5. The number of carbonyl (C=O) groups is 2. The summed E-state index contributed by atoms with van der Waals surface area (Å²) in [7, 11) is 0. The fraction of sp³-hybridized carbons (Fsp3) is 0.160. The number of hydrogen-bond acceptors (Lipinski definition) is 5. The van der Waals surface area contributed by atoms with E-state index in [9.17, 15) is 9.59 Å². The van der Waals surface area contributed by atoms with Crippen LogP contribution in [0.4, 0.5) is 5.69 Å². The summed E-state index contributed by atoms with van der Waals surface area (Å²) in [6.45, 7) is 4.67. The highest BCUT2D eigenvalue weighted by Crippen LogP contribution is 2.34. The predicted octanol–water partition coefficient (Wildman–Crippen LogP) is 5.78. The molecule has 1 aliphatic heterocycles. The minimum Gasteiger partial charge on any atom is -0.494 e. The van der Waals surface area contributed by atoms with Crippen LogP contribution in [-0.2, 0) is 9.59 Å². The highest BCUT2D eigenvalue weighted by Gasteiger charge is 2.35. The molecule has 1 aliphatic rings. The predicted molar refractivity (Wildman–Crippen MR) is 139 cm³/mol. The van der Waals surface area contributed by atoms with Crippen LogP contribution in [0.15, 0.2) is 54.1 Å². The van der Waals surface area contributed by atoms with Crippen LogP contribution in [-0.4, -0.2) is 30.1 Å². The van der Waals surface area contributed by atoms with Crippen LogP contribution in [0.2, 0.25) is 10.0 Å². The molecular weight excluding hydrogens is 495 g/mol. The number of anilines is 1. The highest BCUT2D eigenvalue weighted by atomic mass is 35.5. The number of ether oxygens (including phenoxy) is 2. The molecule has 0 aliphatic carbocycles. The van der Waals surface area contributed by atoms with Crippen molar-refractivity contribution in [2.75, 3.05) is 18.1 Å². The monoisotopic (exact) mass is 514 g/mol. The molecule has 1 N–H and O–H groups in total. The molecule has 0 unspecified atom stereocenters. The van der Waals surface area contributed by atoms with Gasteiger partial charge in [0.05, 0.1) is 28.9 Å². The van der Waals surface area contributed by atoms with Crippen LogP contribution in [0, 0.1) is 0 Å². The summed E-state index contributed by atoms with van der Waals surface area (Å²) in [6.07, 6.45) is 1.52. The molecule has 0 saturated carbocycles. The molecule has 1 saturated heterocycles. The van der Waals surface area contributed by atoms with Crippen LogP contribution < -0.4 is 19.7 Å². The van der Waals surface area contributed by atoms with Gasteiger partial charge in [-0.25, -0.2) is 0 Å². The Kier molecular flexibility index (Phi) is 7.07. The minimum atomic E-state index is -0.605. The first kappa shape index (κ1) is 24.0. The second kappa shape index (κ2) is 10.0. The fourth-order valence-corrected chi connectivity index (χ4v) is 4.22. The van der Waals surface area contributed by atoms with E-state index in [1.165, 1.54) is 17.0 Å². The van der Waals surface area contributed by atoms with Gasteiger partial charge in [0.1, 0.15) is 17.1 Å². The smallest absolute Gasteiger partial charge is 0.270 e. The maximum absolute atomic E-state index is 13.5. The maximum Gasteiger partial charge on any atom is 0.270 e. The number of amides is 2. The van der Waals surface area contributed by atoms with Crippen LogP contribution in [0.25, 0.3) is 16.8 Å². The van der Waals surface area contributed by atoms with Gasteiger partial charge in [0.15, 0.2) is 5.11 Å². The molecule has 3 aromatic rings. The molecule has 0 radical (unpaired) electrons. The Hall–Kier alpha value is -3.13. The van der Waals surface area contributed by atoms with Gasteiger partial charge in [0.2, 0.25) is 0 Å². The Labute approximate surface area is 212 Å². The molecule has 6 nitrogen and oxygen atoms in total. The number of rotatable bonds is 6. The molecule has 34 heavy (non-hydrogen) atoms. The third-order valence-corrected chi connectivity index (χ3v) is 6.18. The Morgan fingerprint density at radius 1 is 0.971 bits per heavy atom. The fourth-order valence-electron chi connectivity index (χ4n) is 3.65. The number of nitrogens with zero attached hydrogens (tertiary/aromatic N) is 1. The van der Waals surface area contributed by atoms with E-state index in [0.717, 1.165) is 10.8 Å². The molecule has 0 aromatic heterocycles. The van der Waals surface area contributed by atoms with Gasteiger partial charge in [-0.1, -0.05) is 35.3 Å². The van der Waals surface area contributed by atoms with E-state index in [1.807, 2.05) is 44.2 Å². The first-order chi connectivity index (χ1) is 16.3. The molecule has 0 spiro atoms. The average molecular weight is 515 g/mol. The van der Waals surface area contributed by atoms with E-state index in [2.05, 4.69) is 5.32 Å². The highest BCUT2D eigenvalue weighted by molar-refractivity contribution is 7.80. The summed E-state index contributed by atoms with van der Waals surface area (Å²) < 4.78 is 11.5.